The highest BCUT2D eigenvalue weighted by Crippen LogP contribution is 2.36. The topological polar surface area (TPSA) is 9.23 Å². The zero-order chi connectivity index (χ0) is 8.55. The molecule has 0 N–H and O–H groups in total. The van der Waals surface area contributed by atoms with Crippen LogP contribution in [0.3, 0.4) is 0 Å². The molecule has 1 aliphatic carbocycles. The highest BCUT2D eigenvalue weighted by Gasteiger charge is 2.32. The number of hydrogen-bond acceptors (Lipinski definition) is 1. The van der Waals surface area contributed by atoms with Crippen LogP contribution < -0.4 is 0 Å². The number of hydrogen-bond donors (Lipinski definition) is 0. The Hall–Kier alpha value is -1.24. The Morgan fingerprint density at radius 3 is 2.92 bits per heavy atom. The third-order valence-electron chi connectivity index (χ3n) is 2.35. The summed E-state index contributed by atoms with van der Waals surface area (Å²) in [6.07, 6.45) is 10.6. The van der Waals surface area contributed by atoms with E-state index in [1.54, 1.807) is 0 Å². The van der Waals surface area contributed by atoms with Gasteiger partial charge < -0.3 is 4.74 Å². The Kier molecular flexibility index (Phi) is 1.65. The van der Waals surface area contributed by atoms with Crippen molar-refractivity contribution in [3.8, 4) is 0 Å². The lowest BCUT2D eigenvalue weighted by Gasteiger charge is -2.12. The molecule has 1 nitrogen and oxygen atoms in total. The molecule has 1 heteroatoms. The van der Waals surface area contributed by atoms with Crippen LogP contribution in [0.25, 0.3) is 0 Å². The van der Waals surface area contributed by atoms with Crippen molar-refractivity contribution in [3.63, 3.8) is 0 Å². The van der Waals surface area contributed by atoms with E-state index in [1.807, 2.05) is 13.0 Å². The number of allylic oxidation sites excluding steroid dienone is 4. The van der Waals surface area contributed by atoms with E-state index >= 15 is 0 Å². The molecule has 2 aliphatic rings. The van der Waals surface area contributed by atoms with Gasteiger partial charge in [-0.3, -0.25) is 0 Å². The molecule has 2 rings (SSSR count). The second kappa shape index (κ2) is 2.67. The Morgan fingerprint density at radius 2 is 2.17 bits per heavy atom. The second-order valence-electron chi connectivity index (χ2n) is 3.05. The van der Waals surface area contributed by atoms with Crippen LogP contribution in [0.1, 0.15) is 6.92 Å². The van der Waals surface area contributed by atoms with E-state index in [1.165, 1.54) is 5.57 Å². The third kappa shape index (κ3) is 0.934. The fraction of sp³-hybridized carbons (Fsp3) is 0.273. The fourth-order valence-corrected chi connectivity index (χ4v) is 1.75. The summed E-state index contributed by atoms with van der Waals surface area (Å²) in [5, 5.41) is 0. The van der Waals surface area contributed by atoms with Crippen LogP contribution in [0.15, 0.2) is 48.3 Å². The summed E-state index contributed by atoms with van der Waals surface area (Å²) in [5.41, 5.74) is 1.22. The number of fused-ring (bicyclic) bond motifs is 1. The Morgan fingerprint density at radius 1 is 1.42 bits per heavy atom. The first kappa shape index (κ1) is 7.41. The van der Waals surface area contributed by atoms with Gasteiger partial charge in [-0.15, -0.1) is 0 Å². The second-order valence-corrected chi connectivity index (χ2v) is 3.05. The standard InChI is InChI=1S/C11H12O/c1-3-9-8(2)12-11-7-5-4-6-10(9)11/h3-7,10-11H,2H2,1H3/b9-3+. The van der Waals surface area contributed by atoms with E-state index in [4.69, 9.17) is 4.74 Å². The molecule has 1 fully saturated rings. The molecule has 12 heavy (non-hydrogen) atoms. The van der Waals surface area contributed by atoms with Gasteiger partial charge in [-0.25, -0.2) is 0 Å². The van der Waals surface area contributed by atoms with E-state index in [0.717, 1.165) is 5.76 Å². The molecule has 2 atom stereocenters. The molecule has 0 aromatic carbocycles. The summed E-state index contributed by atoms with van der Waals surface area (Å²) < 4.78 is 5.57. The molecule has 62 valence electrons. The quantitative estimate of drug-likeness (QED) is 0.529. The molecule has 1 saturated heterocycles. The monoisotopic (exact) mass is 160 g/mol. The maximum Gasteiger partial charge on any atom is 0.128 e. The summed E-state index contributed by atoms with van der Waals surface area (Å²) >= 11 is 0. The Balaban J connectivity index is 2.36. The van der Waals surface area contributed by atoms with Crippen LogP contribution in [-0.4, -0.2) is 6.10 Å². The lowest BCUT2D eigenvalue weighted by Crippen LogP contribution is -2.13. The Labute approximate surface area is 72.7 Å². The molecular formula is C11H12O. The lowest BCUT2D eigenvalue weighted by atomic mass is 9.92. The largest absolute Gasteiger partial charge is 0.486 e. The highest BCUT2D eigenvalue weighted by atomic mass is 16.5. The van der Waals surface area contributed by atoms with Crippen molar-refractivity contribution in [3.05, 3.63) is 48.3 Å². The SMILES string of the molecule is C=C1OC2C=CC=CC2/C1=C/C. The molecule has 1 aliphatic heterocycles. The summed E-state index contributed by atoms with van der Waals surface area (Å²) in [6, 6.07) is 0. The minimum absolute atomic E-state index is 0.189. The molecule has 0 saturated carbocycles. The smallest absolute Gasteiger partial charge is 0.128 e. The lowest BCUT2D eigenvalue weighted by molar-refractivity contribution is 0.185. The third-order valence-corrected chi connectivity index (χ3v) is 2.35. The van der Waals surface area contributed by atoms with E-state index in [2.05, 4.69) is 30.9 Å². The molecular weight excluding hydrogens is 148 g/mol. The van der Waals surface area contributed by atoms with Gasteiger partial charge in [-0.05, 0) is 13.0 Å². The summed E-state index contributed by atoms with van der Waals surface area (Å²) in [7, 11) is 0. The van der Waals surface area contributed by atoms with Gasteiger partial charge in [-0.2, -0.15) is 0 Å². The van der Waals surface area contributed by atoms with Gasteiger partial charge in [0.2, 0.25) is 0 Å². The molecule has 0 aromatic rings. The van der Waals surface area contributed by atoms with Crippen molar-refractivity contribution in [1.29, 1.82) is 0 Å². The minimum Gasteiger partial charge on any atom is -0.486 e. The predicted octanol–water partition coefficient (Wildman–Crippen LogP) is 2.59. The average molecular weight is 160 g/mol. The van der Waals surface area contributed by atoms with Crippen LogP contribution in [0.2, 0.25) is 0 Å². The fourth-order valence-electron chi connectivity index (χ4n) is 1.75. The number of rotatable bonds is 0. The first-order chi connectivity index (χ1) is 5.83. The van der Waals surface area contributed by atoms with Crippen LogP contribution in [0.5, 0.6) is 0 Å². The molecule has 0 bridgehead atoms. The first-order valence-electron chi connectivity index (χ1n) is 4.20. The van der Waals surface area contributed by atoms with Crippen molar-refractivity contribution in [2.45, 2.75) is 13.0 Å². The maximum absolute atomic E-state index is 5.57. The first-order valence-corrected chi connectivity index (χ1v) is 4.20. The van der Waals surface area contributed by atoms with Crippen molar-refractivity contribution in [1.82, 2.24) is 0 Å². The van der Waals surface area contributed by atoms with E-state index < -0.39 is 0 Å². The van der Waals surface area contributed by atoms with Gasteiger partial charge in [0.05, 0.1) is 0 Å². The molecule has 0 radical (unpaired) electrons. The van der Waals surface area contributed by atoms with Crippen LogP contribution in [0.4, 0.5) is 0 Å². The van der Waals surface area contributed by atoms with Crippen LogP contribution in [0, 0.1) is 5.92 Å². The van der Waals surface area contributed by atoms with Crippen molar-refractivity contribution < 1.29 is 4.74 Å². The molecule has 0 amide bonds. The molecule has 0 aromatic heterocycles. The minimum atomic E-state index is 0.189. The van der Waals surface area contributed by atoms with Crippen molar-refractivity contribution in [2.75, 3.05) is 0 Å². The Bertz CT molecular complexity index is 294. The summed E-state index contributed by atoms with van der Waals surface area (Å²) in [6.45, 7) is 5.90. The van der Waals surface area contributed by atoms with E-state index in [9.17, 15) is 0 Å². The van der Waals surface area contributed by atoms with Gasteiger partial charge in [0, 0.05) is 11.5 Å². The van der Waals surface area contributed by atoms with E-state index in [-0.39, 0.29) is 6.10 Å². The summed E-state index contributed by atoms with van der Waals surface area (Å²) in [4.78, 5) is 0. The highest BCUT2D eigenvalue weighted by molar-refractivity contribution is 5.39. The van der Waals surface area contributed by atoms with Crippen LogP contribution in [-0.2, 0) is 4.74 Å². The average Bonchev–Trinajstić information content (AvgIpc) is 2.40. The predicted molar refractivity (Wildman–Crippen MR) is 49.5 cm³/mol. The summed E-state index contributed by atoms with van der Waals surface area (Å²) in [5.74, 6) is 1.22. The maximum atomic E-state index is 5.57. The zero-order valence-electron chi connectivity index (χ0n) is 7.16. The van der Waals surface area contributed by atoms with Crippen LogP contribution >= 0.6 is 0 Å². The normalized spacial score (nSPS) is 35.4. The molecule has 0 spiro atoms. The molecule has 1 heterocycles. The van der Waals surface area contributed by atoms with Crippen molar-refractivity contribution >= 4 is 0 Å². The van der Waals surface area contributed by atoms with Gasteiger partial charge in [0.25, 0.3) is 0 Å². The van der Waals surface area contributed by atoms with Gasteiger partial charge in [-0.1, -0.05) is 30.9 Å². The van der Waals surface area contributed by atoms with Gasteiger partial charge >= 0.3 is 0 Å². The van der Waals surface area contributed by atoms with Gasteiger partial charge in [0.1, 0.15) is 11.9 Å². The zero-order valence-corrected chi connectivity index (χ0v) is 7.16. The van der Waals surface area contributed by atoms with E-state index in [0.29, 0.717) is 5.92 Å². The van der Waals surface area contributed by atoms with Gasteiger partial charge in [0.15, 0.2) is 0 Å². The molecule has 2 unspecified atom stereocenters. The number of ether oxygens (including phenoxy) is 1. The van der Waals surface area contributed by atoms with Crippen molar-refractivity contribution in [2.24, 2.45) is 5.92 Å².